The van der Waals surface area contributed by atoms with E-state index in [9.17, 15) is 0 Å². The van der Waals surface area contributed by atoms with E-state index in [-0.39, 0.29) is 17.6 Å². The van der Waals surface area contributed by atoms with Gasteiger partial charge in [0.2, 0.25) is 0 Å². The first-order valence-electron chi connectivity index (χ1n) is 11.6. The summed E-state index contributed by atoms with van der Waals surface area (Å²) in [5, 5.41) is 12.3. The van der Waals surface area contributed by atoms with Crippen LogP contribution in [0.15, 0.2) is 73.2 Å². The van der Waals surface area contributed by atoms with E-state index in [1.807, 2.05) is 61.5 Å². The van der Waals surface area contributed by atoms with Crippen molar-refractivity contribution in [1.29, 1.82) is 5.41 Å². The summed E-state index contributed by atoms with van der Waals surface area (Å²) in [5.41, 5.74) is 8.93. The van der Waals surface area contributed by atoms with Gasteiger partial charge in [-0.3, -0.25) is 5.41 Å². The summed E-state index contributed by atoms with van der Waals surface area (Å²) >= 11 is 0. The number of anilines is 2. The molecule has 0 amide bonds. The van der Waals surface area contributed by atoms with Gasteiger partial charge in [0.15, 0.2) is 0 Å². The molecule has 1 aliphatic heterocycles. The summed E-state index contributed by atoms with van der Waals surface area (Å²) in [5.74, 6) is 8.31. The molecule has 1 spiro atoms. The van der Waals surface area contributed by atoms with E-state index < -0.39 is 0 Å². The fraction of sp³-hybridized carbons (Fsp3) is 0.250. The van der Waals surface area contributed by atoms with Gasteiger partial charge in [0.05, 0.1) is 17.0 Å². The maximum atomic E-state index is 8.83. The van der Waals surface area contributed by atoms with Gasteiger partial charge in [-0.15, -0.1) is 0 Å². The van der Waals surface area contributed by atoms with Crippen LogP contribution in [0.5, 0.6) is 11.5 Å². The Bertz CT molecular complexity index is 1310. The van der Waals surface area contributed by atoms with Gasteiger partial charge < -0.3 is 20.7 Å². The zero-order valence-electron chi connectivity index (χ0n) is 19.7. The molecule has 176 valence electrons. The Labute approximate surface area is 205 Å². The molecule has 0 bridgehead atoms. The van der Waals surface area contributed by atoms with Crippen LogP contribution in [0.3, 0.4) is 0 Å². The summed E-state index contributed by atoms with van der Waals surface area (Å²) in [6, 6.07) is 17.3. The monoisotopic (exact) mass is 464 g/mol. The van der Waals surface area contributed by atoms with Crippen molar-refractivity contribution in [1.82, 2.24) is 14.9 Å². The van der Waals surface area contributed by atoms with E-state index >= 15 is 0 Å². The van der Waals surface area contributed by atoms with Crippen molar-refractivity contribution in [3.63, 3.8) is 0 Å². The predicted octanol–water partition coefficient (Wildman–Crippen LogP) is 4.68. The molecule has 2 heterocycles. The molecule has 35 heavy (non-hydrogen) atoms. The van der Waals surface area contributed by atoms with E-state index in [2.05, 4.69) is 38.6 Å². The number of ether oxygens (including phenoxy) is 1. The summed E-state index contributed by atoms with van der Waals surface area (Å²) in [6.07, 6.45) is 3.52. The molecular formula is C28H28N6O. The van der Waals surface area contributed by atoms with Gasteiger partial charge in [-0.1, -0.05) is 36.6 Å². The van der Waals surface area contributed by atoms with Crippen molar-refractivity contribution in [2.24, 2.45) is 5.41 Å². The number of para-hydroxylation sites is 1. The van der Waals surface area contributed by atoms with Crippen LogP contribution in [0, 0.1) is 22.7 Å². The standard InChI is InChI=1S/C28H28N6O/c1-3-7-19(2)34-16-28(17-34)14-21(15-28)33-27-24(26(30)31-18-32-27)25(29)20-10-12-23(13-11-20)35-22-8-5-4-6-9-22/h4-6,8-13,18,21,29H,2,14-17H2,1H3,(H3,30,31,32,33). The number of likely N-dealkylation sites (tertiary alicyclic amines) is 1. The molecule has 7 nitrogen and oxygen atoms in total. The third-order valence-electron chi connectivity index (χ3n) is 6.65. The number of benzene rings is 2. The highest BCUT2D eigenvalue weighted by Gasteiger charge is 2.52. The topological polar surface area (TPSA) is 100 Å². The Hall–Kier alpha value is -4.31. The lowest BCUT2D eigenvalue weighted by molar-refractivity contribution is -0.0432. The van der Waals surface area contributed by atoms with Gasteiger partial charge in [0.25, 0.3) is 0 Å². The zero-order valence-corrected chi connectivity index (χ0v) is 19.7. The van der Waals surface area contributed by atoms with E-state index in [1.165, 1.54) is 6.33 Å². The average Bonchev–Trinajstić information content (AvgIpc) is 2.80. The van der Waals surface area contributed by atoms with Crippen LogP contribution in [-0.2, 0) is 0 Å². The number of hydrogen-bond acceptors (Lipinski definition) is 7. The minimum Gasteiger partial charge on any atom is -0.457 e. The van der Waals surface area contributed by atoms with Gasteiger partial charge in [0, 0.05) is 30.1 Å². The van der Waals surface area contributed by atoms with E-state index in [4.69, 9.17) is 15.9 Å². The Morgan fingerprint density at radius 2 is 1.80 bits per heavy atom. The molecule has 3 aromatic rings. The Kier molecular flexibility index (Phi) is 5.87. The molecule has 4 N–H and O–H groups in total. The van der Waals surface area contributed by atoms with E-state index in [0.717, 1.165) is 37.4 Å². The molecule has 2 fully saturated rings. The Morgan fingerprint density at radius 1 is 1.11 bits per heavy atom. The van der Waals surface area contributed by atoms with Crippen LogP contribution in [0.2, 0.25) is 0 Å². The SMILES string of the molecule is C=C(C#CC)N1CC2(CC(Nc3ncnc(N)c3C(=N)c3ccc(Oc4ccccc4)cc3)C2)C1. The summed E-state index contributed by atoms with van der Waals surface area (Å²) in [4.78, 5) is 10.8. The first kappa shape index (κ1) is 22.5. The second-order valence-corrected chi connectivity index (χ2v) is 9.22. The van der Waals surface area contributed by atoms with Crippen LogP contribution in [0.4, 0.5) is 11.6 Å². The molecule has 2 aliphatic rings. The highest BCUT2D eigenvalue weighted by Crippen LogP contribution is 2.50. The number of allylic oxidation sites excluding steroid dienone is 1. The molecular weight excluding hydrogens is 436 g/mol. The molecule has 1 aromatic heterocycles. The first-order chi connectivity index (χ1) is 17.0. The van der Waals surface area contributed by atoms with Crippen molar-refractivity contribution in [3.05, 3.63) is 84.3 Å². The van der Waals surface area contributed by atoms with Crippen molar-refractivity contribution < 1.29 is 4.74 Å². The lowest BCUT2D eigenvalue weighted by atomic mass is 9.60. The van der Waals surface area contributed by atoms with Crippen LogP contribution >= 0.6 is 0 Å². The number of hydrogen-bond donors (Lipinski definition) is 3. The molecule has 1 saturated heterocycles. The lowest BCUT2D eigenvalue weighted by Crippen LogP contribution is -2.64. The smallest absolute Gasteiger partial charge is 0.141 e. The van der Waals surface area contributed by atoms with Crippen molar-refractivity contribution in [2.45, 2.75) is 25.8 Å². The number of nitrogens with two attached hydrogens (primary N) is 1. The predicted molar refractivity (Wildman–Crippen MR) is 139 cm³/mol. The van der Waals surface area contributed by atoms with E-state index in [0.29, 0.717) is 28.1 Å². The number of aromatic nitrogens is 2. The molecule has 0 atom stereocenters. The van der Waals surface area contributed by atoms with Crippen molar-refractivity contribution in [2.75, 3.05) is 24.1 Å². The molecule has 1 aliphatic carbocycles. The van der Waals surface area contributed by atoms with Crippen molar-refractivity contribution in [3.8, 4) is 23.3 Å². The van der Waals surface area contributed by atoms with Crippen LogP contribution in [-0.4, -0.2) is 39.7 Å². The summed E-state index contributed by atoms with van der Waals surface area (Å²) < 4.78 is 5.86. The second-order valence-electron chi connectivity index (χ2n) is 9.22. The molecule has 0 unspecified atom stereocenters. The average molecular weight is 465 g/mol. The largest absolute Gasteiger partial charge is 0.457 e. The number of nitrogens with one attached hydrogen (secondary N) is 2. The first-order valence-corrected chi connectivity index (χ1v) is 11.6. The molecule has 0 radical (unpaired) electrons. The third kappa shape index (κ3) is 4.56. The van der Waals surface area contributed by atoms with Gasteiger partial charge in [0.1, 0.15) is 29.5 Å². The minimum atomic E-state index is 0.273. The quantitative estimate of drug-likeness (QED) is 0.347. The van der Waals surface area contributed by atoms with Crippen LogP contribution in [0.1, 0.15) is 30.9 Å². The highest BCUT2D eigenvalue weighted by atomic mass is 16.5. The van der Waals surface area contributed by atoms with Crippen LogP contribution < -0.4 is 15.8 Å². The molecule has 7 heteroatoms. The van der Waals surface area contributed by atoms with Gasteiger partial charge in [-0.2, -0.15) is 0 Å². The minimum absolute atomic E-state index is 0.273. The normalized spacial score (nSPS) is 15.9. The van der Waals surface area contributed by atoms with Crippen LogP contribution in [0.25, 0.3) is 0 Å². The Morgan fingerprint density at radius 3 is 2.49 bits per heavy atom. The fourth-order valence-corrected chi connectivity index (χ4v) is 4.93. The van der Waals surface area contributed by atoms with Gasteiger partial charge in [-0.05, 0) is 56.2 Å². The third-order valence-corrected chi connectivity index (χ3v) is 6.65. The molecule has 1 saturated carbocycles. The summed E-state index contributed by atoms with van der Waals surface area (Å²) in [7, 11) is 0. The maximum absolute atomic E-state index is 8.83. The number of nitrogen functional groups attached to an aromatic ring is 1. The highest BCUT2D eigenvalue weighted by molar-refractivity contribution is 6.16. The number of nitrogens with zero attached hydrogens (tertiary/aromatic N) is 3. The molecule has 5 rings (SSSR count). The summed E-state index contributed by atoms with van der Waals surface area (Å²) in [6.45, 7) is 7.86. The van der Waals surface area contributed by atoms with Gasteiger partial charge >= 0.3 is 0 Å². The molecule has 2 aromatic carbocycles. The maximum Gasteiger partial charge on any atom is 0.141 e. The lowest BCUT2D eigenvalue weighted by Gasteiger charge is -2.59. The van der Waals surface area contributed by atoms with Crippen molar-refractivity contribution >= 4 is 17.3 Å². The number of rotatable bonds is 7. The van der Waals surface area contributed by atoms with E-state index in [1.54, 1.807) is 0 Å². The fourth-order valence-electron chi connectivity index (χ4n) is 4.93. The zero-order chi connectivity index (χ0) is 24.4. The second kappa shape index (κ2) is 9.15. The Balaban J connectivity index is 1.25. The van der Waals surface area contributed by atoms with Gasteiger partial charge in [-0.25, -0.2) is 9.97 Å².